The second kappa shape index (κ2) is 9.43. The molecule has 0 atom stereocenters. The fourth-order valence-corrected chi connectivity index (χ4v) is 3.31. The molecule has 1 aromatic carbocycles. The third kappa shape index (κ3) is 4.51. The molecule has 3 aromatic rings. The van der Waals surface area contributed by atoms with E-state index in [-0.39, 0.29) is 5.91 Å². The van der Waals surface area contributed by atoms with Gasteiger partial charge in [0.25, 0.3) is 5.91 Å². The Kier molecular flexibility index (Phi) is 6.72. The first-order chi connectivity index (χ1) is 14.1. The quantitative estimate of drug-likeness (QED) is 0.598. The van der Waals surface area contributed by atoms with Gasteiger partial charge in [0.05, 0.1) is 25.0 Å². The number of amides is 1. The minimum absolute atomic E-state index is 0.183. The minimum atomic E-state index is -0.183. The van der Waals surface area contributed by atoms with E-state index >= 15 is 0 Å². The van der Waals surface area contributed by atoms with Gasteiger partial charge in [-0.25, -0.2) is 4.98 Å². The van der Waals surface area contributed by atoms with Crippen LogP contribution in [0.25, 0.3) is 5.65 Å². The van der Waals surface area contributed by atoms with Crippen LogP contribution < -0.4 is 15.0 Å². The summed E-state index contributed by atoms with van der Waals surface area (Å²) in [7, 11) is 3.30. The number of aryl methyl sites for hydroxylation is 1. The summed E-state index contributed by atoms with van der Waals surface area (Å²) in [4.78, 5) is 19.8. The Bertz CT molecular complexity index is 983. The summed E-state index contributed by atoms with van der Waals surface area (Å²) in [5.74, 6) is 1.52. The van der Waals surface area contributed by atoms with Crippen LogP contribution in [0.15, 0.2) is 42.6 Å². The van der Waals surface area contributed by atoms with Crippen molar-refractivity contribution in [3.05, 3.63) is 53.9 Å². The van der Waals surface area contributed by atoms with Gasteiger partial charge in [0.15, 0.2) is 0 Å². The maximum Gasteiger partial charge on any atom is 0.257 e. The topological polar surface area (TPSA) is 68.1 Å². The Balaban J connectivity index is 1.95. The second-order valence-corrected chi connectivity index (χ2v) is 6.64. The van der Waals surface area contributed by atoms with Gasteiger partial charge in [0.2, 0.25) is 0 Å². The van der Waals surface area contributed by atoms with Gasteiger partial charge in [-0.2, -0.15) is 0 Å². The van der Waals surface area contributed by atoms with Crippen LogP contribution in [0, 0.1) is 0 Å². The average Bonchev–Trinajstić information content (AvgIpc) is 3.12. The van der Waals surface area contributed by atoms with E-state index in [2.05, 4.69) is 24.1 Å². The fourth-order valence-electron chi connectivity index (χ4n) is 3.31. The number of hydrogen-bond acceptors (Lipinski definition) is 5. The van der Waals surface area contributed by atoms with Crippen LogP contribution in [0.1, 0.15) is 29.9 Å². The molecule has 0 radical (unpaired) electrons. The zero-order valence-electron chi connectivity index (χ0n) is 17.4. The standard InChI is InChI=1S/C22H28N4O3/c1-5-19-22(25(6-2)12-13-28-3)26-15-16(10-11-20(26)24-19)21(27)23-17-8-7-9-18(14-17)29-4/h7-11,14-15H,5-6,12-13H2,1-4H3,(H,23,27). The number of likely N-dealkylation sites (N-methyl/N-ethyl adjacent to an activating group) is 1. The Morgan fingerprint density at radius 1 is 1.21 bits per heavy atom. The maximum atomic E-state index is 12.8. The zero-order valence-corrected chi connectivity index (χ0v) is 17.4. The predicted molar refractivity (Wildman–Crippen MR) is 115 cm³/mol. The Morgan fingerprint density at radius 2 is 2.03 bits per heavy atom. The number of carbonyl (C=O) groups excluding carboxylic acids is 1. The molecule has 0 aliphatic heterocycles. The van der Waals surface area contributed by atoms with Crippen molar-refractivity contribution in [1.29, 1.82) is 0 Å². The molecule has 1 amide bonds. The Hall–Kier alpha value is -3.06. The van der Waals surface area contributed by atoms with Gasteiger partial charge in [0.1, 0.15) is 17.2 Å². The lowest BCUT2D eigenvalue weighted by atomic mass is 10.2. The smallest absolute Gasteiger partial charge is 0.257 e. The van der Waals surface area contributed by atoms with Gasteiger partial charge in [-0.05, 0) is 37.6 Å². The van der Waals surface area contributed by atoms with Crippen molar-refractivity contribution >= 4 is 23.1 Å². The summed E-state index contributed by atoms with van der Waals surface area (Å²) in [5, 5.41) is 2.93. The molecule has 29 heavy (non-hydrogen) atoms. The lowest BCUT2D eigenvalue weighted by Gasteiger charge is -2.23. The van der Waals surface area contributed by atoms with Crippen molar-refractivity contribution in [2.24, 2.45) is 0 Å². The summed E-state index contributed by atoms with van der Waals surface area (Å²) >= 11 is 0. The van der Waals surface area contributed by atoms with Crippen molar-refractivity contribution in [3.8, 4) is 5.75 Å². The first kappa shape index (κ1) is 20.7. The van der Waals surface area contributed by atoms with Crippen molar-refractivity contribution < 1.29 is 14.3 Å². The molecule has 3 rings (SSSR count). The molecule has 0 fully saturated rings. The molecule has 2 heterocycles. The molecule has 0 saturated carbocycles. The number of pyridine rings is 1. The number of anilines is 2. The maximum absolute atomic E-state index is 12.8. The first-order valence-corrected chi connectivity index (χ1v) is 9.81. The van der Waals surface area contributed by atoms with Gasteiger partial charge in [-0.15, -0.1) is 0 Å². The number of hydrogen-bond donors (Lipinski definition) is 1. The third-order valence-electron chi connectivity index (χ3n) is 4.83. The number of rotatable bonds is 9. The monoisotopic (exact) mass is 396 g/mol. The van der Waals surface area contributed by atoms with Crippen LogP contribution >= 0.6 is 0 Å². The van der Waals surface area contributed by atoms with E-state index in [1.165, 1.54) is 0 Å². The van der Waals surface area contributed by atoms with Crippen LogP contribution in [0.3, 0.4) is 0 Å². The number of nitrogens with zero attached hydrogens (tertiary/aromatic N) is 3. The number of carbonyl (C=O) groups is 1. The lowest BCUT2D eigenvalue weighted by Crippen LogP contribution is -2.29. The molecule has 154 valence electrons. The number of imidazole rings is 1. The molecule has 0 saturated heterocycles. The van der Waals surface area contributed by atoms with Gasteiger partial charge in [-0.3, -0.25) is 9.20 Å². The molecular weight excluding hydrogens is 368 g/mol. The molecule has 0 aliphatic rings. The summed E-state index contributed by atoms with van der Waals surface area (Å²) in [6, 6.07) is 11.0. The van der Waals surface area contributed by atoms with Crippen LogP contribution in [-0.4, -0.2) is 49.2 Å². The lowest BCUT2D eigenvalue weighted by molar-refractivity contribution is 0.102. The molecular formula is C22H28N4O3. The van der Waals surface area contributed by atoms with E-state index in [9.17, 15) is 4.79 Å². The molecule has 2 aromatic heterocycles. The molecule has 0 spiro atoms. The minimum Gasteiger partial charge on any atom is -0.497 e. The highest BCUT2D eigenvalue weighted by atomic mass is 16.5. The largest absolute Gasteiger partial charge is 0.497 e. The van der Waals surface area contributed by atoms with Crippen molar-refractivity contribution in [2.45, 2.75) is 20.3 Å². The highest BCUT2D eigenvalue weighted by molar-refractivity contribution is 6.04. The number of ether oxygens (including phenoxy) is 2. The normalized spacial score (nSPS) is 10.9. The van der Waals surface area contributed by atoms with E-state index in [1.54, 1.807) is 26.4 Å². The van der Waals surface area contributed by atoms with Gasteiger partial charge < -0.3 is 19.7 Å². The number of methoxy groups -OCH3 is 2. The zero-order chi connectivity index (χ0) is 20.8. The van der Waals surface area contributed by atoms with Crippen LogP contribution in [0.4, 0.5) is 11.5 Å². The molecule has 1 N–H and O–H groups in total. The van der Waals surface area contributed by atoms with Crippen LogP contribution in [0.2, 0.25) is 0 Å². The Labute approximate surface area is 171 Å². The van der Waals surface area contributed by atoms with Crippen LogP contribution in [-0.2, 0) is 11.2 Å². The summed E-state index contributed by atoms with van der Waals surface area (Å²) in [6.45, 7) is 6.40. The molecule has 0 aliphatic carbocycles. The van der Waals surface area contributed by atoms with E-state index < -0.39 is 0 Å². The predicted octanol–water partition coefficient (Wildman–Crippen LogP) is 3.63. The summed E-state index contributed by atoms with van der Waals surface area (Å²) < 4.78 is 12.5. The molecule has 0 bridgehead atoms. The van der Waals surface area contributed by atoms with Crippen LogP contribution in [0.5, 0.6) is 5.75 Å². The van der Waals surface area contributed by atoms with E-state index in [1.807, 2.05) is 34.9 Å². The van der Waals surface area contributed by atoms with E-state index in [4.69, 9.17) is 14.5 Å². The van der Waals surface area contributed by atoms with Gasteiger partial charge in [0, 0.05) is 38.1 Å². The van der Waals surface area contributed by atoms with Crippen molar-refractivity contribution in [2.75, 3.05) is 44.1 Å². The number of fused-ring (bicyclic) bond motifs is 1. The van der Waals surface area contributed by atoms with Crippen molar-refractivity contribution in [3.63, 3.8) is 0 Å². The summed E-state index contributed by atoms with van der Waals surface area (Å²) in [5.41, 5.74) is 3.08. The van der Waals surface area contributed by atoms with Gasteiger partial charge in [-0.1, -0.05) is 13.0 Å². The number of benzene rings is 1. The summed E-state index contributed by atoms with van der Waals surface area (Å²) in [6.07, 6.45) is 2.66. The highest BCUT2D eigenvalue weighted by Crippen LogP contribution is 2.24. The fraction of sp³-hybridized carbons (Fsp3) is 0.364. The molecule has 0 unspecified atom stereocenters. The van der Waals surface area contributed by atoms with Gasteiger partial charge >= 0.3 is 0 Å². The third-order valence-corrected chi connectivity index (χ3v) is 4.83. The average molecular weight is 396 g/mol. The number of nitrogens with one attached hydrogen (secondary N) is 1. The highest BCUT2D eigenvalue weighted by Gasteiger charge is 2.18. The second-order valence-electron chi connectivity index (χ2n) is 6.64. The SMILES string of the molecule is CCc1nc2ccc(C(=O)Nc3cccc(OC)c3)cn2c1N(CC)CCOC. The first-order valence-electron chi connectivity index (χ1n) is 9.81. The van der Waals surface area contributed by atoms with Crippen molar-refractivity contribution in [1.82, 2.24) is 9.38 Å². The molecule has 7 nitrogen and oxygen atoms in total. The van der Waals surface area contributed by atoms with E-state index in [0.29, 0.717) is 23.6 Å². The molecule has 7 heteroatoms. The van der Waals surface area contributed by atoms with E-state index in [0.717, 1.165) is 36.7 Å². The number of aromatic nitrogens is 2. The Morgan fingerprint density at radius 3 is 2.72 bits per heavy atom.